The molecule has 0 aliphatic heterocycles. The van der Waals surface area contributed by atoms with Crippen LogP contribution in [0, 0.1) is 12.8 Å². The predicted molar refractivity (Wildman–Crippen MR) is 80.3 cm³/mol. The molecule has 0 aromatic heterocycles. The fraction of sp³-hybridized carbons (Fsp3) is 0.533. The molecule has 1 aromatic rings. The lowest BCUT2D eigenvalue weighted by atomic mass is 9.80. The van der Waals surface area contributed by atoms with Crippen LogP contribution in [0.4, 0.5) is 5.69 Å². The van der Waals surface area contributed by atoms with Crippen LogP contribution in [0.25, 0.3) is 0 Å². The Balaban J connectivity index is 1.81. The van der Waals surface area contributed by atoms with Crippen LogP contribution in [-0.2, 0) is 9.53 Å². The molecule has 0 heterocycles. The summed E-state index contributed by atoms with van der Waals surface area (Å²) in [4.78, 5) is 12.0. The van der Waals surface area contributed by atoms with Crippen LogP contribution in [-0.4, -0.2) is 18.6 Å². The van der Waals surface area contributed by atoms with Crippen molar-refractivity contribution in [2.45, 2.75) is 39.2 Å². The summed E-state index contributed by atoms with van der Waals surface area (Å²) in [7, 11) is 0. The van der Waals surface area contributed by atoms with Crippen LogP contribution in [0.15, 0.2) is 22.7 Å². The molecular weight excluding hydrogens is 306 g/mol. The topological polar surface area (TPSA) is 38.3 Å². The predicted octanol–water partition coefficient (Wildman–Crippen LogP) is 3.90. The van der Waals surface area contributed by atoms with Crippen molar-refractivity contribution < 1.29 is 9.53 Å². The Labute approximate surface area is 122 Å². The second-order valence-corrected chi connectivity index (χ2v) is 5.93. The summed E-state index contributed by atoms with van der Waals surface area (Å²) in [6.45, 7) is 4.77. The minimum atomic E-state index is 0.0983. The molecule has 104 valence electrons. The van der Waals surface area contributed by atoms with E-state index < -0.39 is 0 Å². The van der Waals surface area contributed by atoms with Crippen LogP contribution < -0.4 is 5.32 Å². The van der Waals surface area contributed by atoms with Gasteiger partial charge in [-0.2, -0.15) is 0 Å². The highest BCUT2D eigenvalue weighted by atomic mass is 79.9. The maximum atomic E-state index is 12.0. The third kappa shape index (κ3) is 3.80. The molecule has 1 aromatic carbocycles. The molecular formula is C15H20BrNO2. The molecule has 0 spiro atoms. The first kappa shape index (κ1) is 14.5. The van der Waals surface area contributed by atoms with Gasteiger partial charge in [-0.25, -0.2) is 0 Å². The highest BCUT2D eigenvalue weighted by molar-refractivity contribution is 9.10. The van der Waals surface area contributed by atoms with Crippen LogP contribution in [0.1, 0.15) is 31.7 Å². The van der Waals surface area contributed by atoms with Gasteiger partial charge in [-0.1, -0.05) is 22.0 Å². The molecule has 19 heavy (non-hydrogen) atoms. The van der Waals surface area contributed by atoms with Crippen molar-refractivity contribution >= 4 is 27.5 Å². The molecule has 2 rings (SSSR count). The molecule has 1 saturated carbocycles. The standard InChI is InChI=1S/C15H20BrNO2/c1-3-19-12-7-11(8-12)9-15(18)17-14-6-4-5-13(16)10(14)2/h4-6,11-12H,3,7-9H2,1-2H3,(H,17,18). The van der Waals surface area contributed by atoms with E-state index in [0.29, 0.717) is 18.4 Å². The Bertz CT molecular complexity index is 455. The Morgan fingerprint density at radius 2 is 2.21 bits per heavy atom. The fourth-order valence-electron chi connectivity index (χ4n) is 2.42. The molecule has 0 bridgehead atoms. The van der Waals surface area contributed by atoms with Crippen molar-refractivity contribution in [3.63, 3.8) is 0 Å². The maximum Gasteiger partial charge on any atom is 0.224 e. The second-order valence-electron chi connectivity index (χ2n) is 5.08. The Morgan fingerprint density at radius 3 is 2.89 bits per heavy atom. The molecule has 1 aliphatic carbocycles. The SMILES string of the molecule is CCOC1CC(CC(=O)Nc2cccc(Br)c2C)C1. The van der Waals surface area contributed by atoms with Gasteiger partial charge in [0.25, 0.3) is 0 Å². The van der Waals surface area contributed by atoms with Gasteiger partial charge in [-0.15, -0.1) is 0 Å². The number of carbonyl (C=O) groups is 1. The lowest BCUT2D eigenvalue weighted by Crippen LogP contribution is -2.33. The normalized spacial score (nSPS) is 21.8. The Morgan fingerprint density at radius 1 is 1.47 bits per heavy atom. The largest absolute Gasteiger partial charge is 0.378 e. The minimum Gasteiger partial charge on any atom is -0.378 e. The van der Waals surface area contributed by atoms with E-state index in [4.69, 9.17) is 4.74 Å². The number of amides is 1. The van der Waals surface area contributed by atoms with Gasteiger partial charge in [0.1, 0.15) is 0 Å². The van der Waals surface area contributed by atoms with Gasteiger partial charge in [-0.3, -0.25) is 4.79 Å². The van der Waals surface area contributed by atoms with Crippen molar-refractivity contribution in [2.75, 3.05) is 11.9 Å². The fourth-order valence-corrected chi connectivity index (χ4v) is 2.79. The summed E-state index contributed by atoms with van der Waals surface area (Å²) >= 11 is 3.47. The highest BCUT2D eigenvalue weighted by Gasteiger charge is 2.31. The van der Waals surface area contributed by atoms with Crippen molar-refractivity contribution in [3.05, 3.63) is 28.2 Å². The number of carbonyl (C=O) groups excluding carboxylic acids is 1. The molecule has 0 radical (unpaired) electrons. The first-order valence-electron chi connectivity index (χ1n) is 6.76. The molecule has 0 unspecified atom stereocenters. The van der Waals surface area contributed by atoms with E-state index >= 15 is 0 Å². The molecule has 1 fully saturated rings. The third-order valence-electron chi connectivity index (χ3n) is 3.61. The summed E-state index contributed by atoms with van der Waals surface area (Å²) in [6, 6.07) is 5.84. The van der Waals surface area contributed by atoms with E-state index in [1.54, 1.807) is 0 Å². The van der Waals surface area contributed by atoms with Gasteiger partial charge in [0.05, 0.1) is 6.10 Å². The van der Waals surface area contributed by atoms with E-state index in [2.05, 4.69) is 21.2 Å². The number of nitrogens with one attached hydrogen (secondary N) is 1. The van der Waals surface area contributed by atoms with Gasteiger partial charge in [0.2, 0.25) is 5.91 Å². The van der Waals surface area contributed by atoms with Crippen molar-refractivity contribution in [2.24, 2.45) is 5.92 Å². The zero-order valence-corrected chi connectivity index (χ0v) is 13.0. The van der Waals surface area contributed by atoms with Gasteiger partial charge in [-0.05, 0) is 50.3 Å². The number of halogens is 1. The number of hydrogen-bond donors (Lipinski definition) is 1. The average molecular weight is 326 g/mol. The zero-order chi connectivity index (χ0) is 13.8. The monoisotopic (exact) mass is 325 g/mol. The Hall–Kier alpha value is -0.870. The van der Waals surface area contributed by atoms with E-state index in [9.17, 15) is 4.79 Å². The zero-order valence-electron chi connectivity index (χ0n) is 11.4. The summed E-state index contributed by atoms with van der Waals surface area (Å²) in [5.41, 5.74) is 1.96. The third-order valence-corrected chi connectivity index (χ3v) is 4.47. The molecule has 1 N–H and O–H groups in total. The van der Waals surface area contributed by atoms with Crippen LogP contribution in [0.3, 0.4) is 0 Å². The summed E-state index contributed by atoms with van der Waals surface area (Å²) in [5, 5.41) is 2.99. The molecule has 1 aliphatic rings. The summed E-state index contributed by atoms with van der Waals surface area (Å²) in [5.74, 6) is 0.574. The van der Waals surface area contributed by atoms with E-state index in [-0.39, 0.29) is 5.91 Å². The highest BCUT2D eigenvalue weighted by Crippen LogP contribution is 2.33. The van der Waals surface area contributed by atoms with Crippen LogP contribution in [0.5, 0.6) is 0 Å². The summed E-state index contributed by atoms with van der Waals surface area (Å²) in [6.07, 6.45) is 2.99. The number of benzene rings is 1. The lowest BCUT2D eigenvalue weighted by molar-refractivity contribution is -0.119. The van der Waals surface area contributed by atoms with Crippen molar-refractivity contribution in [1.29, 1.82) is 0 Å². The van der Waals surface area contributed by atoms with E-state index in [1.165, 1.54) is 0 Å². The van der Waals surface area contributed by atoms with Crippen molar-refractivity contribution in [3.8, 4) is 0 Å². The average Bonchev–Trinajstić information content (AvgIpc) is 2.32. The number of anilines is 1. The molecule has 4 heteroatoms. The van der Waals surface area contributed by atoms with E-state index in [1.807, 2.05) is 32.0 Å². The first-order valence-corrected chi connectivity index (χ1v) is 7.56. The quantitative estimate of drug-likeness (QED) is 0.891. The van der Waals surface area contributed by atoms with Gasteiger partial charge >= 0.3 is 0 Å². The number of ether oxygens (including phenoxy) is 1. The van der Waals surface area contributed by atoms with Gasteiger partial charge in [0.15, 0.2) is 0 Å². The second kappa shape index (κ2) is 6.53. The lowest BCUT2D eigenvalue weighted by Gasteiger charge is -2.34. The maximum absolute atomic E-state index is 12.0. The smallest absolute Gasteiger partial charge is 0.224 e. The van der Waals surface area contributed by atoms with E-state index in [0.717, 1.165) is 35.2 Å². The molecule has 1 amide bonds. The van der Waals surface area contributed by atoms with Crippen LogP contribution in [0.2, 0.25) is 0 Å². The minimum absolute atomic E-state index is 0.0983. The molecule has 3 nitrogen and oxygen atoms in total. The number of rotatable bonds is 5. The number of hydrogen-bond acceptors (Lipinski definition) is 2. The van der Waals surface area contributed by atoms with Crippen molar-refractivity contribution in [1.82, 2.24) is 0 Å². The molecule has 0 saturated heterocycles. The Kier molecular flexibility index (Phi) is 4.99. The van der Waals surface area contributed by atoms with Gasteiger partial charge < -0.3 is 10.1 Å². The van der Waals surface area contributed by atoms with Crippen LogP contribution >= 0.6 is 15.9 Å². The first-order chi connectivity index (χ1) is 9.10. The summed E-state index contributed by atoms with van der Waals surface area (Å²) < 4.78 is 6.52. The van der Waals surface area contributed by atoms with Gasteiger partial charge in [0, 0.05) is 23.2 Å². The molecule has 0 atom stereocenters.